The molecule has 1 saturated carbocycles. The minimum absolute atomic E-state index is 0.827. The number of hydrogen-bond acceptors (Lipinski definition) is 0. The Kier molecular flexibility index (Phi) is 3.70. The van der Waals surface area contributed by atoms with Crippen molar-refractivity contribution < 1.29 is 0 Å². The highest BCUT2D eigenvalue weighted by Gasteiger charge is 2.20. The van der Waals surface area contributed by atoms with Crippen LogP contribution in [-0.4, -0.2) is 0 Å². The van der Waals surface area contributed by atoms with Crippen molar-refractivity contribution in [1.29, 1.82) is 0 Å². The molecule has 0 atom stereocenters. The summed E-state index contributed by atoms with van der Waals surface area (Å²) >= 11 is 2.49. The van der Waals surface area contributed by atoms with Crippen LogP contribution in [0.1, 0.15) is 49.7 Å². The number of rotatable bonds is 1. The van der Waals surface area contributed by atoms with Crippen molar-refractivity contribution in [3.05, 3.63) is 32.9 Å². The van der Waals surface area contributed by atoms with Crippen LogP contribution in [0.25, 0.3) is 0 Å². The van der Waals surface area contributed by atoms with Crippen LogP contribution in [0, 0.1) is 16.4 Å². The van der Waals surface area contributed by atoms with Gasteiger partial charge in [-0.15, -0.1) is 0 Å². The second kappa shape index (κ2) is 4.86. The van der Waals surface area contributed by atoms with Gasteiger partial charge in [-0.25, -0.2) is 0 Å². The summed E-state index contributed by atoms with van der Waals surface area (Å²) in [5.74, 6) is 1.78. The summed E-state index contributed by atoms with van der Waals surface area (Å²) in [6.07, 6.45) is 5.60. The Morgan fingerprint density at radius 2 is 1.80 bits per heavy atom. The summed E-state index contributed by atoms with van der Waals surface area (Å²) in [6.45, 7) is 4.56. The van der Waals surface area contributed by atoms with Crippen LogP contribution in [0.15, 0.2) is 18.2 Å². The lowest BCUT2D eigenvalue weighted by Crippen LogP contribution is -2.11. The summed E-state index contributed by atoms with van der Waals surface area (Å²) in [7, 11) is 0. The van der Waals surface area contributed by atoms with Gasteiger partial charge in [0.25, 0.3) is 0 Å². The lowest BCUT2D eigenvalue weighted by molar-refractivity contribution is 0.347. The molecule has 0 radical (unpaired) electrons. The molecule has 1 heteroatoms. The van der Waals surface area contributed by atoms with E-state index in [-0.39, 0.29) is 0 Å². The maximum atomic E-state index is 2.49. The molecule has 1 aliphatic carbocycles. The zero-order chi connectivity index (χ0) is 10.8. The Balaban J connectivity index is 2.15. The monoisotopic (exact) mass is 314 g/mol. The highest BCUT2D eigenvalue weighted by atomic mass is 127. The van der Waals surface area contributed by atoms with Gasteiger partial charge in [0.2, 0.25) is 0 Å². The predicted molar refractivity (Wildman–Crippen MR) is 74.3 cm³/mol. The van der Waals surface area contributed by atoms with Crippen molar-refractivity contribution in [3.8, 4) is 0 Å². The zero-order valence-electron chi connectivity index (χ0n) is 9.59. The molecule has 0 saturated heterocycles. The molecule has 1 aromatic rings. The smallest absolute Gasteiger partial charge is 0.0167 e. The molecule has 2 rings (SSSR count). The van der Waals surface area contributed by atoms with Crippen molar-refractivity contribution in [2.75, 3.05) is 0 Å². The predicted octanol–water partition coefficient (Wildman–Crippen LogP) is 4.89. The molecule has 0 heterocycles. The van der Waals surface area contributed by atoms with Gasteiger partial charge in [-0.3, -0.25) is 0 Å². The van der Waals surface area contributed by atoms with Gasteiger partial charge in [0, 0.05) is 3.57 Å². The van der Waals surface area contributed by atoms with Gasteiger partial charge in [0.05, 0.1) is 0 Å². The normalized spacial score (nSPS) is 26.6. The van der Waals surface area contributed by atoms with E-state index in [1.54, 1.807) is 5.56 Å². The first-order valence-electron chi connectivity index (χ1n) is 5.93. The van der Waals surface area contributed by atoms with Crippen LogP contribution in [0.4, 0.5) is 0 Å². The lowest BCUT2D eigenvalue weighted by Gasteiger charge is -2.27. The van der Waals surface area contributed by atoms with Crippen molar-refractivity contribution in [3.63, 3.8) is 0 Å². The molecule has 1 aromatic carbocycles. The first-order valence-corrected chi connectivity index (χ1v) is 7.00. The van der Waals surface area contributed by atoms with Crippen LogP contribution >= 0.6 is 22.6 Å². The number of hydrogen-bond donors (Lipinski definition) is 0. The fourth-order valence-electron chi connectivity index (χ4n) is 2.53. The van der Waals surface area contributed by atoms with E-state index < -0.39 is 0 Å². The molecular weight excluding hydrogens is 295 g/mol. The summed E-state index contributed by atoms with van der Waals surface area (Å²) in [4.78, 5) is 0. The van der Waals surface area contributed by atoms with E-state index in [0.29, 0.717) is 0 Å². The number of benzene rings is 1. The summed E-state index contributed by atoms with van der Waals surface area (Å²) in [5, 5.41) is 0. The summed E-state index contributed by atoms with van der Waals surface area (Å²) in [6, 6.07) is 6.92. The van der Waals surface area contributed by atoms with Gasteiger partial charge in [0.15, 0.2) is 0 Å². The van der Waals surface area contributed by atoms with Crippen molar-refractivity contribution in [1.82, 2.24) is 0 Å². The van der Waals surface area contributed by atoms with E-state index >= 15 is 0 Å². The number of halogens is 1. The molecule has 0 N–H and O–H groups in total. The summed E-state index contributed by atoms with van der Waals surface area (Å²) in [5.41, 5.74) is 2.97. The van der Waals surface area contributed by atoms with Gasteiger partial charge in [0.1, 0.15) is 0 Å². The van der Waals surface area contributed by atoms with E-state index in [1.807, 2.05) is 0 Å². The Labute approximate surface area is 107 Å². The van der Waals surface area contributed by atoms with Gasteiger partial charge in [-0.1, -0.05) is 37.5 Å². The fourth-order valence-corrected chi connectivity index (χ4v) is 3.65. The van der Waals surface area contributed by atoms with Gasteiger partial charge >= 0.3 is 0 Å². The maximum absolute atomic E-state index is 2.49. The first-order chi connectivity index (χ1) is 7.16. The third-order valence-electron chi connectivity index (χ3n) is 3.61. The molecule has 0 aliphatic heterocycles. The SMILES string of the molecule is Cc1ccc(C2CCC(C)CC2)c(I)c1. The van der Waals surface area contributed by atoms with E-state index in [0.717, 1.165) is 11.8 Å². The molecule has 15 heavy (non-hydrogen) atoms. The lowest BCUT2D eigenvalue weighted by atomic mass is 9.79. The highest BCUT2D eigenvalue weighted by Crippen LogP contribution is 2.37. The van der Waals surface area contributed by atoms with E-state index in [4.69, 9.17) is 0 Å². The first kappa shape index (κ1) is 11.4. The van der Waals surface area contributed by atoms with Crippen molar-refractivity contribution >= 4 is 22.6 Å². The molecule has 1 aliphatic rings. The van der Waals surface area contributed by atoms with E-state index in [1.165, 1.54) is 34.8 Å². The highest BCUT2D eigenvalue weighted by molar-refractivity contribution is 14.1. The molecule has 0 spiro atoms. The third-order valence-corrected chi connectivity index (χ3v) is 4.55. The van der Waals surface area contributed by atoms with Crippen LogP contribution in [0.2, 0.25) is 0 Å². The Morgan fingerprint density at radius 3 is 2.40 bits per heavy atom. The minimum Gasteiger partial charge on any atom is -0.0625 e. The van der Waals surface area contributed by atoms with Gasteiger partial charge in [-0.2, -0.15) is 0 Å². The van der Waals surface area contributed by atoms with Crippen molar-refractivity contribution in [2.24, 2.45) is 5.92 Å². The molecule has 0 nitrogen and oxygen atoms in total. The largest absolute Gasteiger partial charge is 0.0625 e. The van der Waals surface area contributed by atoms with Crippen LogP contribution in [0.3, 0.4) is 0 Å². The topological polar surface area (TPSA) is 0 Å². The van der Waals surface area contributed by atoms with Crippen LogP contribution in [0.5, 0.6) is 0 Å². The van der Waals surface area contributed by atoms with Gasteiger partial charge in [-0.05, 0) is 65.8 Å². The second-order valence-electron chi connectivity index (χ2n) is 4.98. The molecule has 1 fully saturated rings. The molecular formula is C14H19I. The van der Waals surface area contributed by atoms with E-state index in [9.17, 15) is 0 Å². The molecule has 0 unspecified atom stereocenters. The van der Waals surface area contributed by atoms with E-state index in [2.05, 4.69) is 54.6 Å². The Hall–Kier alpha value is -0.0500. The molecule has 82 valence electrons. The average molecular weight is 314 g/mol. The minimum atomic E-state index is 0.827. The summed E-state index contributed by atoms with van der Waals surface area (Å²) < 4.78 is 1.46. The van der Waals surface area contributed by atoms with Crippen molar-refractivity contribution in [2.45, 2.75) is 45.4 Å². The standard InChI is InChI=1S/C14H19I/c1-10-3-6-12(7-4-10)13-8-5-11(2)9-14(13)15/h5,8-10,12H,3-4,6-7H2,1-2H3. The van der Waals surface area contributed by atoms with Gasteiger partial charge < -0.3 is 0 Å². The third kappa shape index (κ3) is 2.74. The zero-order valence-corrected chi connectivity index (χ0v) is 11.8. The molecule has 0 amide bonds. The fraction of sp³-hybridized carbons (Fsp3) is 0.571. The van der Waals surface area contributed by atoms with Crippen LogP contribution < -0.4 is 0 Å². The average Bonchev–Trinajstić information content (AvgIpc) is 2.20. The van der Waals surface area contributed by atoms with Crippen LogP contribution in [-0.2, 0) is 0 Å². The number of aryl methyl sites for hydroxylation is 1. The Bertz CT molecular complexity index is 335. The molecule has 0 aromatic heterocycles. The maximum Gasteiger partial charge on any atom is 0.0167 e. The second-order valence-corrected chi connectivity index (χ2v) is 6.14. The Morgan fingerprint density at radius 1 is 1.13 bits per heavy atom. The quantitative estimate of drug-likeness (QED) is 0.647. The molecule has 0 bridgehead atoms.